The van der Waals surface area contributed by atoms with Gasteiger partial charge in [-0.25, -0.2) is 4.98 Å². The summed E-state index contributed by atoms with van der Waals surface area (Å²) >= 11 is 0. The van der Waals surface area contributed by atoms with Crippen molar-refractivity contribution in [2.24, 2.45) is 4.99 Å². The number of aromatic nitrogens is 1. The number of pyridine rings is 1. The SMILES string of the molecule is C=C(/C=C\N=C/C)NC(=O)c1cccnc1NCCN(CC)CC. The fourth-order valence-electron chi connectivity index (χ4n) is 2.08. The topological polar surface area (TPSA) is 69.6 Å². The Bertz CT molecular complexity index is 591. The van der Waals surface area contributed by atoms with E-state index < -0.39 is 0 Å². The van der Waals surface area contributed by atoms with Crippen LogP contribution in [-0.2, 0) is 0 Å². The van der Waals surface area contributed by atoms with E-state index in [2.05, 4.69) is 45.9 Å². The molecule has 0 saturated carbocycles. The second kappa shape index (κ2) is 11.1. The van der Waals surface area contributed by atoms with Gasteiger partial charge in [-0.2, -0.15) is 0 Å². The lowest BCUT2D eigenvalue weighted by Gasteiger charge is -2.18. The lowest BCUT2D eigenvalue weighted by Crippen LogP contribution is -2.29. The van der Waals surface area contributed by atoms with Crippen LogP contribution >= 0.6 is 0 Å². The summed E-state index contributed by atoms with van der Waals surface area (Å²) in [4.78, 5) is 22.9. The molecule has 0 fully saturated rings. The molecule has 0 aliphatic heterocycles. The number of likely N-dealkylation sites (N-methyl/N-ethyl adjacent to an activating group) is 1. The number of allylic oxidation sites excluding steroid dienone is 1. The van der Waals surface area contributed by atoms with Gasteiger partial charge in [0.25, 0.3) is 5.91 Å². The zero-order valence-electron chi connectivity index (χ0n) is 14.7. The second-order valence-electron chi connectivity index (χ2n) is 5.06. The van der Waals surface area contributed by atoms with Gasteiger partial charge in [0.05, 0.1) is 5.56 Å². The van der Waals surface area contributed by atoms with Crippen LogP contribution in [0.1, 0.15) is 31.1 Å². The van der Waals surface area contributed by atoms with Gasteiger partial charge in [-0.1, -0.05) is 20.4 Å². The number of rotatable bonds is 10. The fraction of sp³-hybridized carbons (Fsp3) is 0.389. The van der Waals surface area contributed by atoms with Crippen LogP contribution < -0.4 is 10.6 Å². The Kier molecular flexibility index (Phi) is 9.07. The van der Waals surface area contributed by atoms with E-state index >= 15 is 0 Å². The van der Waals surface area contributed by atoms with Gasteiger partial charge in [-0.15, -0.1) is 0 Å². The van der Waals surface area contributed by atoms with Crippen LogP contribution in [0.15, 0.2) is 47.9 Å². The molecule has 1 rings (SSSR count). The van der Waals surface area contributed by atoms with Crippen molar-refractivity contribution < 1.29 is 4.79 Å². The monoisotopic (exact) mass is 329 g/mol. The molecule has 0 spiro atoms. The van der Waals surface area contributed by atoms with Gasteiger partial charge in [0, 0.05) is 37.4 Å². The van der Waals surface area contributed by atoms with Crippen LogP contribution in [0.3, 0.4) is 0 Å². The van der Waals surface area contributed by atoms with E-state index in [-0.39, 0.29) is 5.91 Å². The second-order valence-corrected chi connectivity index (χ2v) is 5.06. The first kappa shape index (κ1) is 19.6. The largest absolute Gasteiger partial charge is 0.368 e. The first-order valence-corrected chi connectivity index (χ1v) is 8.18. The van der Waals surface area contributed by atoms with Crippen molar-refractivity contribution in [3.63, 3.8) is 0 Å². The van der Waals surface area contributed by atoms with E-state index in [1.165, 1.54) is 0 Å². The van der Waals surface area contributed by atoms with E-state index in [0.717, 1.165) is 26.2 Å². The number of carbonyl (C=O) groups excluding carboxylic acids is 1. The van der Waals surface area contributed by atoms with Gasteiger partial charge in [0.1, 0.15) is 5.82 Å². The Labute approximate surface area is 144 Å². The molecule has 6 heteroatoms. The highest BCUT2D eigenvalue weighted by molar-refractivity contribution is 5.99. The molecule has 1 aromatic heterocycles. The smallest absolute Gasteiger partial charge is 0.259 e. The van der Waals surface area contributed by atoms with Crippen LogP contribution in [0.25, 0.3) is 0 Å². The molecule has 0 saturated heterocycles. The Morgan fingerprint density at radius 3 is 2.83 bits per heavy atom. The molecular formula is C18H27N5O. The first-order valence-electron chi connectivity index (χ1n) is 8.18. The van der Waals surface area contributed by atoms with Crippen molar-refractivity contribution >= 4 is 17.9 Å². The van der Waals surface area contributed by atoms with Gasteiger partial charge in [0.2, 0.25) is 0 Å². The fourth-order valence-corrected chi connectivity index (χ4v) is 2.08. The summed E-state index contributed by atoms with van der Waals surface area (Å²) in [5.74, 6) is 0.328. The van der Waals surface area contributed by atoms with Crippen LogP contribution in [-0.4, -0.2) is 48.2 Å². The van der Waals surface area contributed by atoms with Crippen molar-refractivity contribution in [1.82, 2.24) is 15.2 Å². The van der Waals surface area contributed by atoms with E-state index in [9.17, 15) is 4.79 Å². The summed E-state index contributed by atoms with van der Waals surface area (Å²) in [6.45, 7) is 13.5. The summed E-state index contributed by atoms with van der Waals surface area (Å²) in [7, 11) is 0. The van der Waals surface area contributed by atoms with E-state index in [4.69, 9.17) is 0 Å². The first-order chi connectivity index (χ1) is 11.6. The summed E-state index contributed by atoms with van der Waals surface area (Å²) in [5.41, 5.74) is 0.967. The molecule has 1 amide bonds. The summed E-state index contributed by atoms with van der Waals surface area (Å²) in [6, 6.07) is 3.48. The normalized spacial score (nSPS) is 11.3. The number of hydrogen-bond donors (Lipinski definition) is 2. The molecule has 0 radical (unpaired) electrons. The average Bonchev–Trinajstić information content (AvgIpc) is 2.59. The van der Waals surface area contributed by atoms with Crippen LogP contribution in [0.4, 0.5) is 5.82 Å². The molecule has 0 atom stereocenters. The van der Waals surface area contributed by atoms with Crippen molar-refractivity contribution in [3.05, 3.63) is 48.4 Å². The number of carbonyl (C=O) groups is 1. The molecule has 2 N–H and O–H groups in total. The number of hydrogen-bond acceptors (Lipinski definition) is 5. The Morgan fingerprint density at radius 2 is 2.17 bits per heavy atom. The van der Waals surface area contributed by atoms with Crippen molar-refractivity contribution in [2.45, 2.75) is 20.8 Å². The summed E-state index contributed by atoms with van der Waals surface area (Å²) in [5, 5.41) is 5.97. The van der Waals surface area contributed by atoms with E-state index in [1.807, 2.05) is 6.92 Å². The van der Waals surface area contributed by atoms with Crippen molar-refractivity contribution in [1.29, 1.82) is 0 Å². The maximum Gasteiger partial charge on any atom is 0.259 e. The molecule has 0 aromatic carbocycles. The number of amides is 1. The minimum Gasteiger partial charge on any atom is -0.368 e. The summed E-state index contributed by atoms with van der Waals surface area (Å²) < 4.78 is 0. The summed E-state index contributed by atoms with van der Waals surface area (Å²) in [6.07, 6.45) is 6.54. The van der Waals surface area contributed by atoms with Gasteiger partial charge < -0.3 is 15.5 Å². The molecule has 130 valence electrons. The lowest BCUT2D eigenvalue weighted by atomic mass is 10.2. The minimum absolute atomic E-state index is 0.247. The maximum absolute atomic E-state index is 12.4. The molecule has 24 heavy (non-hydrogen) atoms. The van der Waals surface area contributed by atoms with Gasteiger partial charge in [-0.3, -0.25) is 9.79 Å². The van der Waals surface area contributed by atoms with Crippen molar-refractivity contribution in [3.8, 4) is 0 Å². The number of aliphatic imine (C=N–C) groups is 1. The lowest BCUT2D eigenvalue weighted by molar-refractivity contribution is 0.0968. The molecule has 0 aliphatic rings. The molecule has 1 heterocycles. The highest BCUT2D eigenvalue weighted by Crippen LogP contribution is 2.11. The van der Waals surface area contributed by atoms with Crippen LogP contribution in [0.5, 0.6) is 0 Å². The standard InChI is InChI=1S/C18H27N5O/c1-5-19-12-10-15(4)22-18(24)16-9-8-11-20-17(16)21-13-14-23(6-2)7-3/h5,8-12H,4,6-7,13-14H2,1-3H3,(H,20,21)(H,22,24)/b12-10-,19-5-. The third-order valence-corrected chi connectivity index (χ3v) is 3.45. The third-order valence-electron chi connectivity index (χ3n) is 3.45. The third kappa shape index (κ3) is 6.75. The predicted octanol–water partition coefficient (Wildman–Crippen LogP) is 2.68. The molecule has 0 unspecified atom stereocenters. The van der Waals surface area contributed by atoms with Gasteiger partial charge >= 0.3 is 0 Å². The molecule has 0 aliphatic carbocycles. The molecule has 1 aromatic rings. The van der Waals surface area contributed by atoms with Gasteiger partial charge in [-0.05, 0) is 38.2 Å². The van der Waals surface area contributed by atoms with Crippen LogP contribution in [0.2, 0.25) is 0 Å². The quantitative estimate of drug-likeness (QED) is 0.511. The van der Waals surface area contributed by atoms with E-state index in [0.29, 0.717) is 17.1 Å². The number of nitrogens with zero attached hydrogens (tertiary/aromatic N) is 3. The Morgan fingerprint density at radius 1 is 1.42 bits per heavy atom. The Hall–Kier alpha value is -2.47. The molecular weight excluding hydrogens is 302 g/mol. The zero-order chi connectivity index (χ0) is 17.8. The molecule has 6 nitrogen and oxygen atoms in total. The average molecular weight is 329 g/mol. The minimum atomic E-state index is -0.247. The highest BCUT2D eigenvalue weighted by Gasteiger charge is 2.12. The molecule has 0 bridgehead atoms. The predicted molar refractivity (Wildman–Crippen MR) is 100 cm³/mol. The highest BCUT2D eigenvalue weighted by atomic mass is 16.1. The van der Waals surface area contributed by atoms with Crippen molar-refractivity contribution in [2.75, 3.05) is 31.5 Å². The van der Waals surface area contributed by atoms with Gasteiger partial charge in [0.15, 0.2) is 0 Å². The van der Waals surface area contributed by atoms with Crippen LogP contribution in [0, 0.1) is 0 Å². The Balaban J connectivity index is 2.67. The zero-order valence-corrected chi connectivity index (χ0v) is 14.7. The number of nitrogens with one attached hydrogen (secondary N) is 2. The number of anilines is 1. The van der Waals surface area contributed by atoms with E-state index in [1.54, 1.807) is 36.8 Å². The maximum atomic E-state index is 12.4.